The van der Waals surface area contributed by atoms with E-state index in [1.165, 1.54) is 0 Å². The van der Waals surface area contributed by atoms with Gasteiger partial charge in [0.1, 0.15) is 0 Å². The van der Waals surface area contributed by atoms with Crippen molar-refractivity contribution in [2.75, 3.05) is 25.1 Å². The minimum atomic E-state index is 0.133. The van der Waals surface area contributed by atoms with Gasteiger partial charge in [-0.1, -0.05) is 29.8 Å². The predicted octanol–water partition coefficient (Wildman–Crippen LogP) is 2.73. The topological polar surface area (TPSA) is 38.3 Å². The summed E-state index contributed by atoms with van der Waals surface area (Å²) in [6.45, 7) is 6.39. The van der Waals surface area contributed by atoms with E-state index in [1.807, 2.05) is 0 Å². The largest absolute Gasteiger partial charge is 0.380 e. The Labute approximate surface area is 107 Å². The van der Waals surface area contributed by atoms with Gasteiger partial charge in [0, 0.05) is 24.9 Å². The van der Waals surface area contributed by atoms with E-state index in [0.29, 0.717) is 25.5 Å². The van der Waals surface area contributed by atoms with Crippen LogP contribution in [0, 0.1) is 5.92 Å². The van der Waals surface area contributed by atoms with E-state index in [4.69, 9.17) is 4.74 Å². The Kier molecular flexibility index (Phi) is 11.3. The van der Waals surface area contributed by atoms with Crippen molar-refractivity contribution >= 4 is 21.8 Å². The van der Waals surface area contributed by atoms with Crippen molar-refractivity contribution in [1.82, 2.24) is 5.32 Å². The number of hydrogen-bond donors (Lipinski definition) is 1. The summed E-state index contributed by atoms with van der Waals surface area (Å²) in [5.41, 5.74) is 0. The lowest BCUT2D eigenvalue weighted by atomic mass is 10.1. The summed E-state index contributed by atoms with van der Waals surface area (Å²) in [5.74, 6) is 0.812. The monoisotopic (exact) mass is 293 g/mol. The Hall–Kier alpha value is -0.0900. The van der Waals surface area contributed by atoms with Gasteiger partial charge in [0.25, 0.3) is 0 Å². The molecular formula is C12H24BrNO2. The van der Waals surface area contributed by atoms with E-state index in [9.17, 15) is 4.79 Å². The maximum Gasteiger partial charge on any atom is 0.220 e. The maximum atomic E-state index is 11.3. The van der Waals surface area contributed by atoms with Crippen LogP contribution in [-0.2, 0) is 9.53 Å². The van der Waals surface area contributed by atoms with Crippen LogP contribution in [-0.4, -0.2) is 31.0 Å². The van der Waals surface area contributed by atoms with Gasteiger partial charge in [-0.25, -0.2) is 0 Å². The third kappa shape index (κ3) is 12.0. The van der Waals surface area contributed by atoms with Gasteiger partial charge >= 0.3 is 0 Å². The molecule has 0 unspecified atom stereocenters. The summed E-state index contributed by atoms with van der Waals surface area (Å²) in [7, 11) is 0. The number of nitrogens with one attached hydrogen (secondary N) is 1. The van der Waals surface area contributed by atoms with Crippen molar-refractivity contribution in [2.45, 2.75) is 39.5 Å². The van der Waals surface area contributed by atoms with Gasteiger partial charge in [-0.3, -0.25) is 4.79 Å². The van der Waals surface area contributed by atoms with Crippen molar-refractivity contribution in [1.29, 1.82) is 0 Å². The minimum Gasteiger partial charge on any atom is -0.380 e. The molecule has 0 aromatic heterocycles. The van der Waals surface area contributed by atoms with Gasteiger partial charge in [-0.05, 0) is 25.2 Å². The van der Waals surface area contributed by atoms with Crippen LogP contribution >= 0.6 is 15.9 Å². The molecule has 0 saturated carbocycles. The highest BCUT2D eigenvalue weighted by Crippen LogP contribution is 1.99. The Morgan fingerprint density at radius 2 is 2.06 bits per heavy atom. The molecule has 0 atom stereocenters. The fraction of sp³-hybridized carbons (Fsp3) is 0.917. The Balaban J connectivity index is 3.15. The van der Waals surface area contributed by atoms with Crippen LogP contribution < -0.4 is 5.32 Å². The number of amides is 1. The molecule has 1 N–H and O–H groups in total. The maximum absolute atomic E-state index is 11.3. The van der Waals surface area contributed by atoms with Crippen LogP contribution in [0.2, 0.25) is 0 Å². The summed E-state index contributed by atoms with van der Waals surface area (Å²) >= 11 is 3.34. The van der Waals surface area contributed by atoms with E-state index < -0.39 is 0 Å². The Morgan fingerprint density at radius 1 is 1.31 bits per heavy atom. The molecule has 0 spiro atoms. The van der Waals surface area contributed by atoms with Crippen molar-refractivity contribution in [3.8, 4) is 0 Å². The van der Waals surface area contributed by atoms with Crippen molar-refractivity contribution in [3.63, 3.8) is 0 Å². The Bertz CT molecular complexity index is 174. The molecule has 0 aromatic rings. The van der Waals surface area contributed by atoms with E-state index in [2.05, 4.69) is 35.1 Å². The second-order valence-corrected chi connectivity index (χ2v) is 5.08. The molecule has 1 amide bonds. The number of hydrogen-bond acceptors (Lipinski definition) is 2. The molecule has 0 rings (SSSR count). The van der Waals surface area contributed by atoms with Crippen LogP contribution in [0.1, 0.15) is 39.5 Å². The summed E-state index contributed by atoms with van der Waals surface area (Å²) < 4.78 is 5.40. The molecule has 0 aliphatic heterocycles. The molecule has 0 saturated heterocycles. The summed E-state index contributed by atoms with van der Waals surface area (Å²) in [5, 5.41) is 3.82. The zero-order valence-electron chi connectivity index (χ0n) is 10.4. The van der Waals surface area contributed by atoms with Gasteiger partial charge in [-0.2, -0.15) is 0 Å². The molecule has 0 aliphatic rings. The number of unbranched alkanes of at least 4 members (excludes halogenated alkanes) is 1. The van der Waals surface area contributed by atoms with Gasteiger partial charge < -0.3 is 10.1 Å². The van der Waals surface area contributed by atoms with Crippen LogP contribution in [0.5, 0.6) is 0 Å². The molecule has 16 heavy (non-hydrogen) atoms. The average molecular weight is 294 g/mol. The van der Waals surface area contributed by atoms with Gasteiger partial charge in [0.2, 0.25) is 5.91 Å². The molecule has 0 aromatic carbocycles. The minimum absolute atomic E-state index is 0.133. The molecular weight excluding hydrogens is 270 g/mol. The number of rotatable bonds is 10. The van der Waals surface area contributed by atoms with Crippen LogP contribution in [0.15, 0.2) is 0 Å². The van der Waals surface area contributed by atoms with Crippen LogP contribution in [0.4, 0.5) is 0 Å². The lowest BCUT2D eigenvalue weighted by molar-refractivity contribution is -0.121. The number of ether oxygens (including phenoxy) is 1. The SMILES string of the molecule is CC(C)CCOCCNC(=O)CCCCBr. The highest BCUT2D eigenvalue weighted by Gasteiger charge is 1.99. The molecule has 0 fully saturated rings. The first-order valence-corrected chi connectivity index (χ1v) is 7.19. The van der Waals surface area contributed by atoms with Crippen molar-refractivity contribution in [2.24, 2.45) is 5.92 Å². The highest BCUT2D eigenvalue weighted by atomic mass is 79.9. The summed E-state index contributed by atoms with van der Waals surface area (Å²) in [6, 6.07) is 0. The number of halogens is 1. The molecule has 96 valence electrons. The first-order valence-electron chi connectivity index (χ1n) is 6.07. The normalized spacial score (nSPS) is 10.8. The van der Waals surface area contributed by atoms with E-state index in [0.717, 1.165) is 31.2 Å². The standard InChI is InChI=1S/C12H24BrNO2/c1-11(2)6-9-16-10-8-14-12(15)5-3-4-7-13/h11H,3-10H2,1-2H3,(H,14,15). The zero-order valence-corrected chi connectivity index (χ0v) is 12.0. The summed E-state index contributed by atoms with van der Waals surface area (Å²) in [4.78, 5) is 11.3. The molecule has 0 heterocycles. The second-order valence-electron chi connectivity index (χ2n) is 4.29. The second kappa shape index (κ2) is 11.4. The molecule has 0 aliphatic carbocycles. The van der Waals surface area contributed by atoms with Gasteiger partial charge in [-0.15, -0.1) is 0 Å². The fourth-order valence-electron chi connectivity index (χ4n) is 1.15. The highest BCUT2D eigenvalue weighted by molar-refractivity contribution is 9.09. The Morgan fingerprint density at radius 3 is 2.69 bits per heavy atom. The van der Waals surface area contributed by atoms with Crippen LogP contribution in [0.3, 0.4) is 0 Å². The van der Waals surface area contributed by atoms with Gasteiger partial charge in [0.05, 0.1) is 6.61 Å². The third-order valence-electron chi connectivity index (χ3n) is 2.20. The number of carbonyl (C=O) groups excluding carboxylic acids is 1. The van der Waals surface area contributed by atoms with Gasteiger partial charge in [0.15, 0.2) is 0 Å². The molecule has 4 heteroatoms. The number of alkyl halides is 1. The summed E-state index contributed by atoms with van der Waals surface area (Å²) in [6.07, 6.45) is 3.71. The van der Waals surface area contributed by atoms with E-state index >= 15 is 0 Å². The fourth-order valence-corrected chi connectivity index (χ4v) is 1.55. The van der Waals surface area contributed by atoms with Crippen LogP contribution in [0.25, 0.3) is 0 Å². The van der Waals surface area contributed by atoms with Crippen molar-refractivity contribution in [3.05, 3.63) is 0 Å². The third-order valence-corrected chi connectivity index (χ3v) is 2.76. The van der Waals surface area contributed by atoms with E-state index in [1.54, 1.807) is 0 Å². The lowest BCUT2D eigenvalue weighted by Crippen LogP contribution is -2.27. The molecule has 0 radical (unpaired) electrons. The lowest BCUT2D eigenvalue weighted by Gasteiger charge is -2.07. The first-order chi connectivity index (χ1) is 7.66. The zero-order chi connectivity index (χ0) is 12.2. The quantitative estimate of drug-likeness (QED) is 0.497. The molecule has 0 bridgehead atoms. The predicted molar refractivity (Wildman–Crippen MR) is 70.9 cm³/mol. The molecule has 3 nitrogen and oxygen atoms in total. The van der Waals surface area contributed by atoms with E-state index in [-0.39, 0.29) is 5.91 Å². The van der Waals surface area contributed by atoms with Crippen molar-refractivity contribution < 1.29 is 9.53 Å². The average Bonchev–Trinajstić information content (AvgIpc) is 2.23. The first kappa shape index (κ1) is 15.9. The smallest absolute Gasteiger partial charge is 0.220 e. The number of carbonyl (C=O) groups is 1.